The Hall–Kier alpha value is -1.91. The molecule has 1 aromatic carbocycles. The maximum absolute atomic E-state index is 11.9. The summed E-state index contributed by atoms with van der Waals surface area (Å²) in [6.07, 6.45) is 1.57. The van der Waals surface area contributed by atoms with Crippen molar-refractivity contribution in [2.45, 2.75) is 45.3 Å². The maximum atomic E-state index is 11.9. The molecule has 3 rings (SSSR count). The number of hydrogen-bond acceptors (Lipinski definition) is 4. The summed E-state index contributed by atoms with van der Waals surface area (Å²) in [5.74, 6) is 1.00. The topological polar surface area (TPSA) is 50.8 Å². The molecule has 2 aliphatic rings. The van der Waals surface area contributed by atoms with Crippen LogP contribution in [0.3, 0.4) is 0 Å². The van der Waals surface area contributed by atoms with Crippen LogP contribution in [0.25, 0.3) is 0 Å². The van der Waals surface area contributed by atoms with E-state index in [1.807, 2.05) is 32.9 Å². The van der Waals surface area contributed by atoms with E-state index < -0.39 is 5.60 Å². The van der Waals surface area contributed by atoms with Crippen LogP contribution in [0.1, 0.15) is 32.8 Å². The lowest BCUT2D eigenvalue weighted by Crippen LogP contribution is -2.40. The van der Waals surface area contributed by atoms with Crippen LogP contribution in [0.2, 0.25) is 0 Å². The number of rotatable bonds is 2. The molecular weight excluding hydrogens is 280 g/mol. The van der Waals surface area contributed by atoms with Crippen molar-refractivity contribution >= 4 is 11.8 Å². The van der Waals surface area contributed by atoms with E-state index in [2.05, 4.69) is 16.3 Å². The third kappa shape index (κ3) is 3.29. The van der Waals surface area contributed by atoms with E-state index in [0.29, 0.717) is 0 Å². The molecule has 2 heterocycles. The number of carbonyl (C=O) groups is 1. The lowest BCUT2D eigenvalue weighted by Gasteiger charge is -2.23. The van der Waals surface area contributed by atoms with Crippen LogP contribution in [0.15, 0.2) is 18.2 Å². The molecule has 1 amide bonds. The van der Waals surface area contributed by atoms with Gasteiger partial charge in [-0.05, 0) is 39.3 Å². The largest absolute Gasteiger partial charge is 0.493 e. The van der Waals surface area contributed by atoms with E-state index >= 15 is 0 Å². The Labute approximate surface area is 131 Å². The third-order valence-electron chi connectivity index (χ3n) is 3.97. The van der Waals surface area contributed by atoms with Gasteiger partial charge in [0.15, 0.2) is 0 Å². The molecule has 0 aliphatic carbocycles. The number of fused-ring (bicyclic) bond motifs is 1. The van der Waals surface area contributed by atoms with E-state index in [0.717, 1.165) is 38.3 Å². The van der Waals surface area contributed by atoms with Crippen LogP contribution >= 0.6 is 0 Å². The number of carbonyl (C=O) groups excluding carboxylic acids is 1. The quantitative estimate of drug-likeness (QED) is 0.913. The highest BCUT2D eigenvalue weighted by Crippen LogP contribution is 2.35. The van der Waals surface area contributed by atoms with Crippen LogP contribution in [-0.2, 0) is 11.2 Å². The number of anilines is 1. The first-order chi connectivity index (χ1) is 10.4. The Morgan fingerprint density at radius 1 is 1.41 bits per heavy atom. The van der Waals surface area contributed by atoms with Crippen molar-refractivity contribution < 1.29 is 14.3 Å². The van der Waals surface area contributed by atoms with Gasteiger partial charge in [-0.3, -0.25) is 0 Å². The van der Waals surface area contributed by atoms with Crippen LogP contribution in [-0.4, -0.2) is 37.4 Å². The number of amides is 1. The summed E-state index contributed by atoms with van der Waals surface area (Å²) in [5.41, 5.74) is 2.07. The van der Waals surface area contributed by atoms with Gasteiger partial charge >= 0.3 is 6.09 Å². The summed E-state index contributed by atoms with van der Waals surface area (Å²) >= 11 is 0. The van der Waals surface area contributed by atoms with Crippen LogP contribution < -0.4 is 15.0 Å². The highest BCUT2D eigenvalue weighted by molar-refractivity contribution is 5.68. The first kappa shape index (κ1) is 15.0. The molecular formula is C17H24N2O3. The number of hydrogen-bond donors (Lipinski definition) is 1. The molecule has 22 heavy (non-hydrogen) atoms. The summed E-state index contributed by atoms with van der Waals surface area (Å²) in [5, 5.41) is 2.97. The monoisotopic (exact) mass is 304 g/mol. The minimum absolute atomic E-state index is 0.132. The fourth-order valence-electron chi connectivity index (χ4n) is 3.07. The smallest absolute Gasteiger partial charge is 0.407 e. The molecule has 0 saturated carbocycles. The molecule has 5 heteroatoms. The van der Waals surface area contributed by atoms with Crippen molar-refractivity contribution in [1.29, 1.82) is 0 Å². The molecule has 1 fully saturated rings. The van der Waals surface area contributed by atoms with E-state index in [4.69, 9.17) is 9.47 Å². The van der Waals surface area contributed by atoms with E-state index in [-0.39, 0.29) is 12.1 Å². The van der Waals surface area contributed by atoms with Crippen LogP contribution in [0.5, 0.6) is 5.75 Å². The van der Waals surface area contributed by atoms with Crippen molar-refractivity contribution in [3.63, 3.8) is 0 Å². The van der Waals surface area contributed by atoms with Crippen molar-refractivity contribution in [1.82, 2.24) is 5.32 Å². The number of nitrogens with zero attached hydrogens (tertiary/aromatic N) is 1. The molecule has 1 atom stereocenters. The van der Waals surface area contributed by atoms with Gasteiger partial charge in [0.1, 0.15) is 11.4 Å². The van der Waals surface area contributed by atoms with Crippen molar-refractivity contribution in [2.75, 3.05) is 24.6 Å². The van der Waals surface area contributed by atoms with Gasteiger partial charge < -0.3 is 19.7 Å². The standard InChI is InChI=1S/C17H24N2O3/c1-17(2,3)22-16(20)18-12-7-9-19(11-12)14-5-4-6-15-13(14)8-10-21-15/h4-6,12H,7-11H2,1-3H3,(H,18,20). The molecule has 1 aromatic rings. The van der Waals surface area contributed by atoms with Crippen molar-refractivity contribution in [3.8, 4) is 5.75 Å². The normalized spacial score (nSPS) is 20.5. The maximum Gasteiger partial charge on any atom is 0.407 e. The zero-order valence-corrected chi connectivity index (χ0v) is 13.5. The number of benzene rings is 1. The van der Waals surface area contributed by atoms with Gasteiger partial charge in [0.05, 0.1) is 12.6 Å². The fraction of sp³-hybridized carbons (Fsp3) is 0.588. The summed E-state index contributed by atoms with van der Waals surface area (Å²) in [6, 6.07) is 6.34. The second-order valence-corrected chi connectivity index (χ2v) is 6.93. The predicted octanol–water partition coefficient (Wildman–Crippen LogP) is 2.72. The summed E-state index contributed by atoms with van der Waals surface area (Å²) in [7, 11) is 0. The molecule has 2 aliphatic heterocycles. The summed E-state index contributed by atoms with van der Waals surface area (Å²) in [6.45, 7) is 8.15. The molecule has 120 valence electrons. The Morgan fingerprint density at radius 3 is 3.00 bits per heavy atom. The average molecular weight is 304 g/mol. The van der Waals surface area contributed by atoms with Crippen LogP contribution in [0.4, 0.5) is 10.5 Å². The minimum Gasteiger partial charge on any atom is -0.493 e. The van der Waals surface area contributed by atoms with Gasteiger partial charge in [-0.15, -0.1) is 0 Å². The highest BCUT2D eigenvalue weighted by atomic mass is 16.6. The highest BCUT2D eigenvalue weighted by Gasteiger charge is 2.28. The average Bonchev–Trinajstić information content (AvgIpc) is 3.04. The molecule has 0 spiro atoms. The molecule has 5 nitrogen and oxygen atoms in total. The number of ether oxygens (including phenoxy) is 2. The zero-order valence-electron chi connectivity index (χ0n) is 13.5. The van der Waals surface area contributed by atoms with Gasteiger partial charge in [0.25, 0.3) is 0 Å². The number of nitrogens with one attached hydrogen (secondary N) is 1. The SMILES string of the molecule is CC(C)(C)OC(=O)NC1CCN(c2cccc3c2CCO3)C1. The Morgan fingerprint density at radius 2 is 2.23 bits per heavy atom. The van der Waals surface area contributed by atoms with E-state index in [1.165, 1.54) is 11.3 Å². The van der Waals surface area contributed by atoms with Gasteiger partial charge in [0, 0.05) is 30.8 Å². The molecule has 0 radical (unpaired) electrons. The molecule has 1 N–H and O–H groups in total. The second-order valence-electron chi connectivity index (χ2n) is 6.93. The molecule has 1 saturated heterocycles. The number of alkyl carbamates (subject to hydrolysis) is 1. The molecule has 1 unspecified atom stereocenters. The van der Waals surface area contributed by atoms with Gasteiger partial charge in [-0.1, -0.05) is 6.07 Å². The van der Waals surface area contributed by atoms with Crippen molar-refractivity contribution in [2.24, 2.45) is 0 Å². The Balaban J connectivity index is 1.61. The fourth-order valence-corrected chi connectivity index (χ4v) is 3.07. The first-order valence-corrected chi connectivity index (χ1v) is 7.91. The third-order valence-corrected chi connectivity index (χ3v) is 3.97. The predicted molar refractivity (Wildman–Crippen MR) is 85.6 cm³/mol. The minimum atomic E-state index is -0.458. The van der Waals surface area contributed by atoms with E-state index in [1.54, 1.807) is 0 Å². The van der Waals surface area contributed by atoms with Gasteiger partial charge in [-0.25, -0.2) is 4.79 Å². The second kappa shape index (κ2) is 5.71. The Kier molecular flexibility index (Phi) is 3.89. The van der Waals surface area contributed by atoms with Crippen LogP contribution in [0, 0.1) is 0 Å². The summed E-state index contributed by atoms with van der Waals surface area (Å²) in [4.78, 5) is 14.2. The van der Waals surface area contributed by atoms with Gasteiger partial charge in [-0.2, -0.15) is 0 Å². The zero-order chi connectivity index (χ0) is 15.7. The Bertz CT molecular complexity index is 566. The van der Waals surface area contributed by atoms with E-state index in [9.17, 15) is 4.79 Å². The summed E-state index contributed by atoms with van der Waals surface area (Å²) < 4.78 is 11.0. The lowest BCUT2D eigenvalue weighted by atomic mass is 10.1. The first-order valence-electron chi connectivity index (χ1n) is 7.91. The molecule has 0 aromatic heterocycles. The lowest BCUT2D eigenvalue weighted by molar-refractivity contribution is 0.0509. The molecule has 0 bridgehead atoms. The van der Waals surface area contributed by atoms with Crippen molar-refractivity contribution in [3.05, 3.63) is 23.8 Å². The van der Waals surface area contributed by atoms with Gasteiger partial charge in [0.2, 0.25) is 0 Å².